The van der Waals surface area contributed by atoms with Gasteiger partial charge >= 0.3 is 0 Å². The van der Waals surface area contributed by atoms with Crippen LogP contribution in [0.1, 0.15) is 6.92 Å². The highest BCUT2D eigenvalue weighted by atomic mass is 15.1. The normalized spacial score (nSPS) is 10.6. The highest BCUT2D eigenvalue weighted by Gasteiger charge is 2.08. The van der Waals surface area contributed by atoms with Crippen LogP contribution in [0.5, 0.6) is 0 Å². The summed E-state index contributed by atoms with van der Waals surface area (Å²) in [6.07, 6.45) is 0. The van der Waals surface area contributed by atoms with Crippen molar-refractivity contribution in [3.63, 3.8) is 0 Å². The maximum absolute atomic E-state index is 2.34. The highest BCUT2D eigenvalue weighted by molar-refractivity contribution is 5.72. The van der Waals surface area contributed by atoms with Crippen molar-refractivity contribution in [2.45, 2.75) is 6.92 Å². The lowest BCUT2D eigenvalue weighted by atomic mass is 10.0. The maximum Gasteiger partial charge on any atom is 0.0411 e. The van der Waals surface area contributed by atoms with Gasteiger partial charge in [0, 0.05) is 17.9 Å². The molecule has 0 saturated heterocycles. The Hall–Kier alpha value is -3.32. The van der Waals surface area contributed by atoms with Gasteiger partial charge in [-0.3, -0.25) is 0 Å². The van der Waals surface area contributed by atoms with E-state index >= 15 is 0 Å². The summed E-state index contributed by atoms with van der Waals surface area (Å²) in [5, 5.41) is 0. The van der Waals surface area contributed by atoms with Crippen molar-refractivity contribution in [1.82, 2.24) is 0 Å². The zero-order chi connectivity index (χ0) is 18.5. The molecule has 0 radical (unpaired) electrons. The van der Waals surface area contributed by atoms with Gasteiger partial charge in [0.1, 0.15) is 0 Å². The smallest absolute Gasteiger partial charge is 0.0411 e. The van der Waals surface area contributed by atoms with E-state index in [0.29, 0.717) is 0 Å². The van der Waals surface area contributed by atoms with Gasteiger partial charge in [0.05, 0.1) is 0 Å². The fraction of sp³-hybridized carbons (Fsp3) is 0.0769. The summed E-state index contributed by atoms with van der Waals surface area (Å²) in [7, 11) is 0. The Labute approximate surface area is 161 Å². The summed E-state index contributed by atoms with van der Waals surface area (Å²) in [5.74, 6) is 0. The minimum atomic E-state index is 0.926. The predicted octanol–water partition coefficient (Wildman–Crippen LogP) is 7.18. The number of benzene rings is 4. The molecule has 0 spiro atoms. The maximum atomic E-state index is 2.34. The fourth-order valence-corrected chi connectivity index (χ4v) is 3.44. The van der Waals surface area contributed by atoms with Gasteiger partial charge in [0.15, 0.2) is 0 Å². The fourth-order valence-electron chi connectivity index (χ4n) is 3.44. The predicted molar refractivity (Wildman–Crippen MR) is 116 cm³/mol. The summed E-state index contributed by atoms with van der Waals surface area (Å²) in [4.78, 5) is 2.34. The van der Waals surface area contributed by atoms with Crippen LogP contribution >= 0.6 is 0 Å². The van der Waals surface area contributed by atoms with Crippen molar-refractivity contribution in [1.29, 1.82) is 0 Å². The van der Waals surface area contributed by atoms with Crippen molar-refractivity contribution >= 4 is 11.4 Å². The Bertz CT molecular complexity index is 889. The molecule has 4 aromatic carbocycles. The molecule has 0 amide bonds. The van der Waals surface area contributed by atoms with Gasteiger partial charge in [0.25, 0.3) is 0 Å². The topological polar surface area (TPSA) is 3.24 Å². The SMILES string of the molecule is CCN(c1ccc(-c2ccccc2)cc1)c1ccc(-c2ccccc2)cc1. The van der Waals surface area contributed by atoms with Crippen molar-refractivity contribution in [2.75, 3.05) is 11.4 Å². The molecule has 1 heteroatoms. The second-order valence-electron chi connectivity index (χ2n) is 6.57. The van der Waals surface area contributed by atoms with E-state index in [-0.39, 0.29) is 0 Å². The van der Waals surface area contributed by atoms with E-state index in [1.807, 2.05) is 0 Å². The number of hydrogen-bond acceptors (Lipinski definition) is 1. The molecule has 4 aromatic rings. The molecular weight excluding hydrogens is 326 g/mol. The minimum absolute atomic E-state index is 0.926. The van der Waals surface area contributed by atoms with E-state index < -0.39 is 0 Å². The van der Waals surface area contributed by atoms with Gasteiger partial charge in [-0.2, -0.15) is 0 Å². The first kappa shape index (κ1) is 17.1. The van der Waals surface area contributed by atoms with Crippen LogP contribution in [0, 0.1) is 0 Å². The molecule has 1 nitrogen and oxygen atoms in total. The zero-order valence-corrected chi connectivity index (χ0v) is 15.5. The summed E-state index contributed by atoms with van der Waals surface area (Å²) in [6, 6.07) is 38.6. The standard InChI is InChI=1S/C26H23N/c1-2-27(25-17-13-23(14-18-25)21-9-5-3-6-10-21)26-19-15-24(16-20-26)22-11-7-4-8-12-22/h3-20H,2H2,1H3. The molecule has 0 atom stereocenters. The van der Waals surface area contributed by atoms with Gasteiger partial charge in [-0.15, -0.1) is 0 Å². The molecule has 0 saturated carbocycles. The Morgan fingerprint density at radius 3 is 1.11 bits per heavy atom. The highest BCUT2D eigenvalue weighted by Crippen LogP contribution is 2.30. The van der Waals surface area contributed by atoms with Crippen molar-refractivity contribution in [2.24, 2.45) is 0 Å². The van der Waals surface area contributed by atoms with Gasteiger partial charge < -0.3 is 4.90 Å². The van der Waals surface area contributed by atoms with Crippen LogP contribution in [-0.4, -0.2) is 6.54 Å². The Kier molecular flexibility index (Phi) is 5.02. The summed E-state index contributed by atoms with van der Waals surface area (Å²) in [5.41, 5.74) is 7.41. The average Bonchev–Trinajstić information content (AvgIpc) is 2.76. The number of rotatable bonds is 5. The Balaban J connectivity index is 1.58. The molecule has 0 heterocycles. The third-order valence-corrected chi connectivity index (χ3v) is 4.89. The molecule has 0 aromatic heterocycles. The first-order valence-corrected chi connectivity index (χ1v) is 9.43. The van der Waals surface area contributed by atoms with Crippen LogP contribution in [0.4, 0.5) is 11.4 Å². The lowest BCUT2D eigenvalue weighted by molar-refractivity contribution is 1.02. The van der Waals surface area contributed by atoms with Crippen molar-refractivity contribution in [3.05, 3.63) is 109 Å². The van der Waals surface area contributed by atoms with Crippen molar-refractivity contribution in [3.8, 4) is 22.3 Å². The monoisotopic (exact) mass is 349 g/mol. The molecular formula is C26H23N. The molecule has 0 unspecified atom stereocenters. The van der Waals surface area contributed by atoms with Gasteiger partial charge in [-0.1, -0.05) is 84.9 Å². The van der Waals surface area contributed by atoms with E-state index in [9.17, 15) is 0 Å². The van der Waals surface area contributed by atoms with E-state index in [1.165, 1.54) is 33.6 Å². The Morgan fingerprint density at radius 2 is 0.778 bits per heavy atom. The van der Waals surface area contributed by atoms with E-state index in [2.05, 4.69) is 121 Å². The summed E-state index contributed by atoms with van der Waals surface area (Å²) in [6.45, 7) is 3.12. The van der Waals surface area contributed by atoms with Gasteiger partial charge in [0.2, 0.25) is 0 Å². The number of anilines is 2. The zero-order valence-electron chi connectivity index (χ0n) is 15.5. The lowest BCUT2D eigenvalue weighted by Crippen LogP contribution is -2.15. The van der Waals surface area contributed by atoms with E-state index in [1.54, 1.807) is 0 Å². The van der Waals surface area contributed by atoms with Crippen molar-refractivity contribution < 1.29 is 0 Å². The molecule has 0 aliphatic rings. The lowest BCUT2D eigenvalue weighted by Gasteiger charge is -2.24. The summed E-state index contributed by atoms with van der Waals surface area (Å²) < 4.78 is 0. The second-order valence-corrected chi connectivity index (χ2v) is 6.57. The number of nitrogens with zero attached hydrogens (tertiary/aromatic N) is 1. The number of hydrogen-bond donors (Lipinski definition) is 0. The second kappa shape index (κ2) is 7.92. The molecule has 4 rings (SSSR count). The largest absolute Gasteiger partial charge is 0.342 e. The Morgan fingerprint density at radius 1 is 0.444 bits per heavy atom. The molecule has 132 valence electrons. The summed E-state index contributed by atoms with van der Waals surface area (Å²) >= 11 is 0. The average molecular weight is 349 g/mol. The van der Waals surface area contributed by atoms with Crippen LogP contribution < -0.4 is 4.90 Å². The first-order valence-electron chi connectivity index (χ1n) is 9.43. The van der Waals surface area contributed by atoms with E-state index in [0.717, 1.165) is 6.54 Å². The molecule has 0 aliphatic carbocycles. The van der Waals surface area contributed by atoms with E-state index in [4.69, 9.17) is 0 Å². The molecule has 0 fully saturated rings. The van der Waals surface area contributed by atoms with Crippen LogP contribution in [0.25, 0.3) is 22.3 Å². The third-order valence-electron chi connectivity index (χ3n) is 4.89. The van der Waals surface area contributed by atoms with Gasteiger partial charge in [-0.05, 0) is 53.4 Å². The van der Waals surface area contributed by atoms with Crippen LogP contribution in [0.15, 0.2) is 109 Å². The van der Waals surface area contributed by atoms with Crippen LogP contribution in [-0.2, 0) is 0 Å². The molecule has 0 N–H and O–H groups in total. The third kappa shape index (κ3) is 3.78. The first-order chi connectivity index (χ1) is 13.3. The quantitative estimate of drug-likeness (QED) is 0.369. The van der Waals surface area contributed by atoms with Crippen LogP contribution in [0.2, 0.25) is 0 Å². The van der Waals surface area contributed by atoms with Crippen LogP contribution in [0.3, 0.4) is 0 Å². The van der Waals surface area contributed by atoms with Gasteiger partial charge in [-0.25, -0.2) is 0 Å². The molecule has 0 aliphatic heterocycles. The molecule has 27 heavy (non-hydrogen) atoms. The molecule has 0 bridgehead atoms. The minimum Gasteiger partial charge on any atom is -0.342 e.